The average Bonchev–Trinajstić information content (AvgIpc) is 3.14. The van der Waals surface area contributed by atoms with Crippen molar-refractivity contribution in [3.8, 4) is 5.75 Å². The summed E-state index contributed by atoms with van der Waals surface area (Å²) < 4.78 is 5.95. The number of rotatable bonds is 9. The molecule has 2 aromatic carbocycles. The van der Waals surface area contributed by atoms with E-state index in [1.165, 1.54) is 4.90 Å². The summed E-state index contributed by atoms with van der Waals surface area (Å²) in [6.45, 7) is 4.83. The van der Waals surface area contributed by atoms with Crippen LogP contribution in [0.25, 0.3) is 5.76 Å². The van der Waals surface area contributed by atoms with Crippen molar-refractivity contribution < 1.29 is 19.4 Å². The first kappa shape index (κ1) is 24.2. The number of pyridine rings is 1. The fourth-order valence-electron chi connectivity index (χ4n) is 4.34. The number of carbonyl (C=O) groups is 2. The second-order valence-electron chi connectivity index (χ2n) is 8.71. The van der Waals surface area contributed by atoms with Crippen molar-refractivity contribution in [2.45, 2.75) is 45.8 Å². The lowest BCUT2D eigenvalue weighted by Crippen LogP contribution is -2.31. The van der Waals surface area contributed by atoms with Gasteiger partial charge in [-0.2, -0.15) is 0 Å². The van der Waals surface area contributed by atoms with Crippen molar-refractivity contribution in [3.63, 3.8) is 0 Å². The molecule has 0 bridgehead atoms. The molecule has 0 aliphatic carbocycles. The number of hydrogen-bond donors (Lipinski definition) is 1. The van der Waals surface area contributed by atoms with E-state index in [1.54, 1.807) is 36.5 Å². The Labute approximate surface area is 205 Å². The van der Waals surface area contributed by atoms with Crippen molar-refractivity contribution in [1.29, 1.82) is 0 Å². The van der Waals surface area contributed by atoms with E-state index in [9.17, 15) is 14.7 Å². The van der Waals surface area contributed by atoms with E-state index in [1.807, 2.05) is 43.3 Å². The normalized spacial score (nSPS) is 17.1. The van der Waals surface area contributed by atoms with Crippen LogP contribution in [-0.4, -0.2) is 33.2 Å². The molecule has 1 fully saturated rings. The highest BCUT2D eigenvalue weighted by molar-refractivity contribution is 6.46. The quantitative estimate of drug-likeness (QED) is 0.191. The molecule has 0 radical (unpaired) electrons. The van der Waals surface area contributed by atoms with Crippen LogP contribution >= 0.6 is 0 Å². The Kier molecular flexibility index (Phi) is 7.60. The summed E-state index contributed by atoms with van der Waals surface area (Å²) >= 11 is 0. The molecule has 6 nitrogen and oxygen atoms in total. The highest BCUT2D eigenvalue weighted by atomic mass is 16.5. The number of nitrogens with zero attached hydrogens (tertiary/aromatic N) is 2. The van der Waals surface area contributed by atoms with E-state index in [4.69, 9.17) is 4.74 Å². The largest absolute Gasteiger partial charge is 0.507 e. The lowest BCUT2D eigenvalue weighted by atomic mass is 9.97. The standard InChI is InChI=1S/C29H30N2O4/c1-3-4-10-17-31-26(23-13-8-9-16-30-23)25(28(33)29(31)34)27(32)22-14-15-24(20(2)18-22)35-19-21-11-6-5-7-12-21/h5-9,11-16,18,26,32H,3-4,10,17,19H2,1-2H3/b27-25-. The summed E-state index contributed by atoms with van der Waals surface area (Å²) in [6.07, 6.45) is 4.35. The average molecular weight is 471 g/mol. The lowest BCUT2D eigenvalue weighted by Gasteiger charge is -2.24. The van der Waals surface area contributed by atoms with Gasteiger partial charge in [0.05, 0.1) is 11.3 Å². The molecule has 0 spiro atoms. The van der Waals surface area contributed by atoms with Gasteiger partial charge in [0.2, 0.25) is 0 Å². The first-order chi connectivity index (χ1) is 17.0. The molecule has 6 heteroatoms. The summed E-state index contributed by atoms with van der Waals surface area (Å²) in [4.78, 5) is 32.0. The molecule has 0 saturated carbocycles. The molecule has 1 unspecified atom stereocenters. The lowest BCUT2D eigenvalue weighted by molar-refractivity contribution is -0.140. The van der Waals surface area contributed by atoms with E-state index < -0.39 is 17.7 Å². The topological polar surface area (TPSA) is 79.7 Å². The van der Waals surface area contributed by atoms with Crippen LogP contribution in [0.5, 0.6) is 5.75 Å². The SMILES string of the molecule is CCCCCN1C(=O)C(=O)/C(=C(\O)c2ccc(OCc3ccccc3)c(C)c2)C1c1ccccn1. The number of aryl methyl sites for hydroxylation is 1. The Bertz CT molecular complexity index is 1220. The molecule has 1 amide bonds. The van der Waals surface area contributed by atoms with Crippen LogP contribution in [0.3, 0.4) is 0 Å². The number of unbranched alkanes of at least 4 members (excludes halogenated alkanes) is 2. The number of benzene rings is 2. The second kappa shape index (κ2) is 11.0. The Morgan fingerprint density at radius 1 is 1.03 bits per heavy atom. The van der Waals surface area contributed by atoms with Crippen LogP contribution in [0.4, 0.5) is 0 Å². The maximum atomic E-state index is 13.1. The summed E-state index contributed by atoms with van der Waals surface area (Å²) in [5.41, 5.74) is 2.96. The fourth-order valence-corrected chi connectivity index (χ4v) is 4.34. The highest BCUT2D eigenvalue weighted by Crippen LogP contribution is 2.39. The number of likely N-dealkylation sites (tertiary alicyclic amines) is 1. The van der Waals surface area contributed by atoms with E-state index >= 15 is 0 Å². The molecule has 4 rings (SSSR count). The summed E-state index contributed by atoms with van der Waals surface area (Å²) in [5.74, 6) is -0.795. The third kappa shape index (κ3) is 5.27. The molecule has 1 aromatic heterocycles. The van der Waals surface area contributed by atoms with Crippen molar-refractivity contribution in [2.24, 2.45) is 0 Å². The van der Waals surface area contributed by atoms with Crippen LogP contribution < -0.4 is 4.74 Å². The number of ketones is 1. The Morgan fingerprint density at radius 2 is 1.80 bits per heavy atom. The maximum absolute atomic E-state index is 13.1. The number of ether oxygens (including phenoxy) is 1. The first-order valence-corrected chi connectivity index (χ1v) is 12.0. The van der Waals surface area contributed by atoms with Crippen molar-refractivity contribution in [1.82, 2.24) is 9.88 Å². The monoisotopic (exact) mass is 470 g/mol. The van der Waals surface area contributed by atoms with Gasteiger partial charge in [0.15, 0.2) is 0 Å². The molecule has 2 heterocycles. The van der Waals surface area contributed by atoms with Gasteiger partial charge in [-0.3, -0.25) is 14.6 Å². The van der Waals surface area contributed by atoms with Crippen LogP contribution in [0.1, 0.15) is 54.6 Å². The minimum atomic E-state index is -0.720. The van der Waals surface area contributed by atoms with Gasteiger partial charge in [-0.25, -0.2) is 0 Å². The summed E-state index contributed by atoms with van der Waals surface area (Å²) in [6, 6.07) is 19.8. The van der Waals surface area contributed by atoms with Gasteiger partial charge in [-0.1, -0.05) is 56.2 Å². The molecule has 1 saturated heterocycles. The molecule has 1 N–H and O–H groups in total. The Hall–Kier alpha value is -3.93. The van der Waals surface area contributed by atoms with Crippen LogP contribution in [0.15, 0.2) is 78.5 Å². The predicted molar refractivity (Wildman–Crippen MR) is 135 cm³/mol. The van der Waals surface area contributed by atoms with Gasteiger partial charge in [-0.15, -0.1) is 0 Å². The molecule has 1 atom stereocenters. The second-order valence-corrected chi connectivity index (χ2v) is 8.71. The Balaban J connectivity index is 1.66. The first-order valence-electron chi connectivity index (χ1n) is 12.0. The summed E-state index contributed by atoms with van der Waals surface area (Å²) in [7, 11) is 0. The van der Waals surface area contributed by atoms with E-state index in [0.29, 0.717) is 30.2 Å². The number of amides is 1. The van der Waals surface area contributed by atoms with E-state index in [0.717, 1.165) is 30.4 Å². The molecular weight excluding hydrogens is 440 g/mol. The maximum Gasteiger partial charge on any atom is 0.295 e. The minimum Gasteiger partial charge on any atom is -0.507 e. The van der Waals surface area contributed by atoms with Crippen molar-refractivity contribution in [2.75, 3.05) is 6.54 Å². The molecule has 1 aliphatic rings. The zero-order chi connectivity index (χ0) is 24.8. The molecule has 35 heavy (non-hydrogen) atoms. The predicted octanol–water partition coefficient (Wildman–Crippen LogP) is 5.58. The number of Topliss-reactive ketones (excluding diaryl/α,β-unsaturated/α-hetero) is 1. The zero-order valence-electron chi connectivity index (χ0n) is 20.1. The third-order valence-electron chi connectivity index (χ3n) is 6.20. The molecule has 1 aliphatic heterocycles. The van der Waals surface area contributed by atoms with Crippen LogP contribution in [0.2, 0.25) is 0 Å². The fraction of sp³-hybridized carbons (Fsp3) is 0.276. The van der Waals surface area contributed by atoms with Gasteiger partial charge in [-0.05, 0) is 54.8 Å². The highest BCUT2D eigenvalue weighted by Gasteiger charge is 2.46. The van der Waals surface area contributed by atoms with Gasteiger partial charge in [0.25, 0.3) is 11.7 Å². The number of aliphatic hydroxyl groups excluding tert-OH is 1. The number of carbonyl (C=O) groups excluding carboxylic acids is 2. The summed E-state index contributed by atoms with van der Waals surface area (Å²) in [5, 5.41) is 11.3. The number of aliphatic hydroxyl groups is 1. The van der Waals surface area contributed by atoms with E-state index in [2.05, 4.69) is 11.9 Å². The minimum absolute atomic E-state index is 0.0718. The van der Waals surface area contributed by atoms with Crippen molar-refractivity contribution >= 4 is 17.4 Å². The zero-order valence-corrected chi connectivity index (χ0v) is 20.1. The molecular formula is C29H30N2O4. The van der Waals surface area contributed by atoms with Crippen LogP contribution in [-0.2, 0) is 16.2 Å². The van der Waals surface area contributed by atoms with Gasteiger partial charge >= 0.3 is 0 Å². The molecule has 180 valence electrons. The van der Waals surface area contributed by atoms with Crippen molar-refractivity contribution in [3.05, 3.63) is 101 Å². The third-order valence-corrected chi connectivity index (χ3v) is 6.20. The number of hydrogen-bond acceptors (Lipinski definition) is 5. The smallest absolute Gasteiger partial charge is 0.295 e. The van der Waals surface area contributed by atoms with Crippen LogP contribution in [0, 0.1) is 6.92 Å². The van der Waals surface area contributed by atoms with Gasteiger partial charge in [0, 0.05) is 18.3 Å². The van der Waals surface area contributed by atoms with Gasteiger partial charge < -0.3 is 14.7 Å². The van der Waals surface area contributed by atoms with Gasteiger partial charge in [0.1, 0.15) is 24.2 Å². The Morgan fingerprint density at radius 3 is 2.49 bits per heavy atom. The number of aromatic nitrogens is 1. The molecule has 3 aromatic rings. The van der Waals surface area contributed by atoms with E-state index in [-0.39, 0.29) is 11.3 Å².